The predicted molar refractivity (Wildman–Crippen MR) is 115 cm³/mol. The molecule has 160 valence electrons. The quantitative estimate of drug-likeness (QED) is 0.633. The van der Waals surface area contributed by atoms with Crippen molar-refractivity contribution < 1.29 is 23.8 Å². The Bertz CT molecular complexity index is 1120. The van der Waals surface area contributed by atoms with Crippen LogP contribution in [0.3, 0.4) is 0 Å². The van der Waals surface area contributed by atoms with Crippen molar-refractivity contribution in [3.63, 3.8) is 0 Å². The summed E-state index contributed by atoms with van der Waals surface area (Å²) in [6, 6.07) is 11.7. The number of anilines is 2. The molecular weight excluding hydrogens is 400 g/mol. The first-order valence-corrected chi connectivity index (χ1v) is 9.58. The predicted octanol–water partition coefficient (Wildman–Crippen LogP) is 3.10. The molecule has 0 saturated heterocycles. The van der Waals surface area contributed by atoms with E-state index in [4.69, 9.17) is 14.2 Å². The van der Waals surface area contributed by atoms with Crippen LogP contribution in [0.1, 0.15) is 12.5 Å². The van der Waals surface area contributed by atoms with Crippen LogP contribution < -0.4 is 24.8 Å². The molecule has 4 rings (SSSR count). The minimum absolute atomic E-state index is 0.0329. The maximum absolute atomic E-state index is 13.1. The van der Waals surface area contributed by atoms with Gasteiger partial charge in [0.15, 0.2) is 0 Å². The Hall–Kier alpha value is -4.01. The van der Waals surface area contributed by atoms with Crippen LogP contribution in [0.5, 0.6) is 17.2 Å². The van der Waals surface area contributed by atoms with E-state index in [1.807, 2.05) is 24.3 Å². The maximum Gasteiger partial charge on any atom is 0.249 e. The number of hydrogen-bond donors (Lipinski definition) is 2. The van der Waals surface area contributed by atoms with E-state index < -0.39 is 6.04 Å². The zero-order valence-electron chi connectivity index (χ0n) is 17.3. The number of nitrogens with one attached hydrogen (secondary N) is 2. The highest BCUT2D eigenvalue weighted by Crippen LogP contribution is 2.36. The van der Waals surface area contributed by atoms with Crippen LogP contribution in [0.2, 0.25) is 0 Å². The molecule has 2 heterocycles. The average molecular weight is 422 g/mol. The molecule has 31 heavy (non-hydrogen) atoms. The number of rotatable bonds is 6. The van der Waals surface area contributed by atoms with Gasteiger partial charge in [-0.25, -0.2) is 4.68 Å². The third kappa shape index (κ3) is 3.89. The fourth-order valence-corrected chi connectivity index (χ4v) is 3.48. The summed E-state index contributed by atoms with van der Waals surface area (Å²) in [5.41, 5.74) is 2.01. The summed E-state index contributed by atoms with van der Waals surface area (Å²) >= 11 is 0. The number of methoxy groups -OCH3 is 3. The minimum Gasteiger partial charge on any atom is -0.497 e. The van der Waals surface area contributed by atoms with Crippen LogP contribution in [0.25, 0.3) is 11.1 Å². The van der Waals surface area contributed by atoms with Gasteiger partial charge in [-0.1, -0.05) is 12.1 Å². The fraction of sp³-hybridized carbons (Fsp3) is 0.227. The van der Waals surface area contributed by atoms with Crippen LogP contribution in [0, 0.1) is 0 Å². The summed E-state index contributed by atoms with van der Waals surface area (Å²) in [6.07, 6.45) is 1.60. The lowest BCUT2D eigenvalue weighted by atomic mass is 10.1. The average Bonchev–Trinajstić information content (AvgIpc) is 3.22. The van der Waals surface area contributed by atoms with Gasteiger partial charge in [-0.2, -0.15) is 5.10 Å². The second-order valence-electron chi connectivity index (χ2n) is 6.90. The van der Waals surface area contributed by atoms with E-state index in [0.29, 0.717) is 28.6 Å². The molecule has 9 nitrogen and oxygen atoms in total. The number of aromatic nitrogens is 2. The molecule has 2 N–H and O–H groups in total. The first-order valence-electron chi connectivity index (χ1n) is 9.58. The summed E-state index contributed by atoms with van der Waals surface area (Å²) in [4.78, 5) is 25.5. The van der Waals surface area contributed by atoms with E-state index in [9.17, 15) is 9.59 Å². The summed E-state index contributed by atoms with van der Waals surface area (Å²) in [7, 11) is 4.64. The number of ether oxygens (including phenoxy) is 3. The van der Waals surface area contributed by atoms with Crippen LogP contribution in [-0.4, -0.2) is 42.9 Å². The summed E-state index contributed by atoms with van der Waals surface area (Å²) in [5.74, 6) is 1.60. The van der Waals surface area contributed by atoms with Gasteiger partial charge in [0, 0.05) is 11.6 Å². The molecule has 1 unspecified atom stereocenters. The SMILES string of the molecule is COc1ccc(-c2cnn3c2NC(=O)CC3C(=O)Nc2cc(OC)ccc2OC)cc1. The first kappa shape index (κ1) is 20.3. The summed E-state index contributed by atoms with van der Waals surface area (Å²) in [5, 5.41) is 10.0. The van der Waals surface area contributed by atoms with Gasteiger partial charge in [-0.15, -0.1) is 0 Å². The number of hydrogen-bond acceptors (Lipinski definition) is 6. The van der Waals surface area contributed by atoms with Gasteiger partial charge in [-0.05, 0) is 29.8 Å². The third-order valence-corrected chi connectivity index (χ3v) is 5.10. The van der Waals surface area contributed by atoms with E-state index in [1.54, 1.807) is 31.5 Å². The number of amides is 2. The molecule has 0 aliphatic carbocycles. The fourth-order valence-electron chi connectivity index (χ4n) is 3.48. The van der Waals surface area contributed by atoms with E-state index in [1.165, 1.54) is 18.9 Å². The Balaban J connectivity index is 1.65. The van der Waals surface area contributed by atoms with Crippen molar-refractivity contribution in [1.82, 2.24) is 9.78 Å². The highest BCUT2D eigenvalue weighted by Gasteiger charge is 2.33. The van der Waals surface area contributed by atoms with Crippen molar-refractivity contribution in [3.05, 3.63) is 48.7 Å². The van der Waals surface area contributed by atoms with Gasteiger partial charge in [-0.3, -0.25) is 9.59 Å². The molecule has 1 aliphatic heterocycles. The maximum atomic E-state index is 13.1. The van der Waals surface area contributed by atoms with E-state index in [0.717, 1.165) is 11.3 Å². The molecule has 0 radical (unpaired) electrons. The number of nitrogens with zero attached hydrogens (tertiary/aromatic N) is 2. The van der Waals surface area contributed by atoms with Crippen molar-refractivity contribution in [1.29, 1.82) is 0 Å². The molecule has 1 aliphatic rings. The Labute approximate surface area is 178 Å². The Morgan fingerprint density at radius 2 is 1.77 bits per heavy atom. The van der Waals surface area contributed by atoms with Gasteiger partial charge in [0.05, 0.1) is 39.6 Å². The molecule has 1 aromatic heterocycles. The molecule has 0 bridgehead atoms. The van der Waals surface area contributed by atoms with Gasteiger partial charge in [0.2, 0.25) is 11.8 Å². The number of carbonyl (C=O) groups is 2. The third-order valence-electron chi connectivity index (χ3n) is 5.10. The normalized spacial score (nSPS) is 14.9. The smallest absolute Gasteiger partial charge is 0.249 e. The topological polar surface area (TPSA) is 104 Å². The lowest BCUT2D eigenvalue weighted by Gasteiger charge is -2.25. The van der Waals surface area contributed by atoms with Crippen LogP contribution in [0.4, 0.5) is 11.5 Å². The largest absolute Gasteiger partial charge is 0.497 e. The summed E-state index contributed by atoms with van der Waals surface area (Å²) in [6.45, 7) is 0. The molecule has 0 spiro atoms. The second-order valence-corrected chi connectivity index (χ2v) is 6.90. The first-order chi connectivity index (χ1) is 15.0. The van der Waals surface area contributed by atoms with Crippen molar-refractivity contribution in [2.24, 2.45) is 0 Å². The number of fused-ring (bicyclic) bond motifs is 1. The molecule has 1 atom stereocenters. The summed E-state index contributed by atoms with van der Waals surface area (Å²) < 4.78 is 17.3. The molecule has 2 amide bonds. The molecule has 2 aromatic carbocycles. The van der Waals surface area contributed by atoms with Crippen LogP contribution in [-0.2, 0) is 9.59 Å². The highest BCUT2D eigenvalue weighted by molar-refractivity contribution is 6.03. The van der Waals surface area contributed by atoms with Crippen molar-refractivity contribution in [2.45, 2.75) is 12.5 Å². The number of benzene rings is 2. The lowest BCUT2D eigenvalue weighted by Crippen LogP contribution is -2.35. The Kier molecular flexibility index (Phi) is 5.48. The Morgan fingerprint density at radius 1 is 1.06 bits per heavy atom. The van der Waals surface area contributed by atoms with Gasteiger partial charge in [0.25, 0.3) is 0 Å². The zero-order chi connectivity index (χ0) is 22.0. The van der Waals surface area contributed by atoms with Crippen molar-refractivity contribution in [3.8, 4) is 28.4 Å². The van der Waals surface area contributed by atoms with Crippen LogP contribution in [0.15, 0.2) is 48.7 Å². The lowest BCUT2D eigenvalue weighted by molar-refractivity contribution is -0.125. The minimum atomic E-state index is -0.813. The van der Waals surface area contributed by atoms with Gasteiger partial charge in [0.1, 0.15) is 29.1 Å². The van der Waals surface area contributed by atoms with Crippen LogP contribution >= 0.6 is 0 Å². The molecule has 0 fully saturated rings. The number of carbonyl (C=O) groups excluding carboxylic acids is 2. The standard InChI is InChI=1S/C22H22N4O5/c1-29-14-6-4-13(5-7-14)16-12-23-26-18(11-20(27)25-21(16)26)22(28)24-17-10-15(30-2)8-9-19(17)31-3/h4-10,12,18H,11H2,1-3H3,(H,24,28)(H,25,27). The van der Waals surface area contributed by atoms with Gasteiger partial charge < -0.3 is 24.8 Å². The van der Waals surface area contributed by atoms with Crippen molar-refractivity contribution in [2.75, 3.05) is 32.0 Å². The Morgan fingerprint density at radius 3 is 2.45 bits per heavy atom. The molecule has 0 saturated carbocycles. The van der Waals surface area contributed by atoms with Gasteiger partial charge >= 0.3 is 0 Å². The van der Waals surface area contributed by atoms with E-state index >= 15 is 0 Å². The highest BCUT2D eigenvalue weighted by atomic mass is 16.5. The second kappa shape index (κ2) is 8.39. The monoisotopic (exact) mass is 422 g/mol. The zero-order valence-corrected chi connectivity index (χ0v) is 17.3. The molecule has 9 heteroatoms. The molecular formula is C22H22N4O5. The van der Waals surface area contributed by atoms with E-state index in [-0.39, 0.29) is 18.2 Å². The van der Waals surface area contributed by atoms with E-state index in [2.05, 4.69) is 15.7 Å². The van der Waals surface area contributed by atoms with Crippen molar-refractivity contribution >= 4 is 23.3 Å². The molecule has 3 aromatic rings.